The molecule has 1 heterocycles. The number of hydrogen-bond acceptors (Lipinski definition) is 6. The Labute approximate surface area is 113 Å². The average molecular weight is 323 g/mol. The van der Waals surface area contributed by atoms with Gasteiger partial charge in [0, 0.05) is 20.3 Å². The largest absolute Gasteiger partial charge is 0.461 e. The van der Waals surface area contributed by atoms with Gasteiger partial charge in [0.2, 0.25) is 6.29 Å². The molecular formula is C11H15BrO6. The van der Waals surface area contributed by atoms with Crippen molar-refractivity contribution in [1.82, 2.24) is 0 Å². The number of ketones is 1. The van der Waals surface area contributed by atoms with Gasteiger partial charge in [0.05, 0.1) is 0 Å². The summed E-state index contributed by atoms with van der Waals surface area (Å²) in [4.78, 5) is 32.8. The van der Waals surface area contributed by atoms with Gasteiger partial charge in [-0.15, -0.1) is 0 Å². The lowest BCUT2D eigenvalue weighted by atomic mass is 10.0. The average Bonchev–Trinajstić information content (AvgIpc) is 2.22. The van der Waals surface area contributed by atoms with Crippen molar-refractivity contribution < 1.29 is 28.6 Å². The Morgan fingerprint density at radius 3 is 2.11 bits per heavy atom. The molecular weight excluding hydrogens is 308 g/mol. The molecule has 6 nitrogen and oxygen atoms in total. The maximum absolute atomic E-state index is 11.3. The van der Waals surface area contributed by atoms with Gasteiger partial charge >= 0.3 is 11.9 Å². The van der Waals surface area contributed by atoms with Crippen molar-refractivity contribution in [2.45, 2.75) is 50.5 Å². The lowest BCUT2D eigenvalue weighted by Crippen LogP contribution is -2.50. The highest BCUT2D eigenvalue weighted by atomic mass is 79.9. The van der Waals surface area contributed by atoms with E-state index in [0.29, 0.717) is 0 Å². The maximum atomic E-state index is 11.3. The van der Waals surface area contributed by atoms with Crippen molar-refractivity contribution in [1.29, 1.82) is 0 Å². The Morgan fingerprint density at radius 2 is 1.67 bits per heavy atom. The number of carbonyl (C=O) groups excluding carboxylic acids is 3. The van der Waals surface area contributed by atoms with E-state index in [2.05, 4.69) is 15.9 Å². The lowest BCUT2D eigenvalue weighted by molar-refractivity contribution is -0.214. The molecule has 1 aliphatic heterocycles. The number of hydrogen-bond donors (Lipinski definition) is 0. The summed E-state index contributed by atoms with van der Waals surface area (Å²) in [6, 6.07) is 0. The molecule has 0 spiro atoms. The number of Topliss-reactive ketones (excluding diaryl/α,β-unsaturated/α-hetero) is 1. The van der Waals surface area contributed by atoms with E-state index in [9.17, 15) is 14.4 Å². The maximum Gasteiger partial charge on any atom is 0.304 e. The smallest absolute Gasteiger partial charge is 0.304 e. The Morgan fingerprint density at radius 1 is 1.11 bits per heavy atom. The van der Waals surface area contributed by atoms with Crippen molar-refractivity contribution >= 4 is 33.7 Å². The van der Waals surface area contributed by atoms with Gasteiger partial charge in [-0.25, -0.2) is 0 Å². The molecule has 0 aromatic rings. The van der Waals surface area contributed by atoms with Crippen LogP contribution in [0.5, 0.6) is 0 Å². The quantitative estimate of drug-likeness (QED) is 0.568. The molecule has 0 radical (unpaired) electrons. The summed E-state index contributed by atoms with van der Waals surface area (Å²) in [6.07, 6.45) is -2.03. The van der Waals surface area contributed by atoms with Crippen LogP contribution >= 0.6 is 15.9 Å². The van der Waals surface area contributed by atoms with Gasteiger partial charge in [-0.1, -0.05) is 15.9 Å². The van der Waals surface area contributed by atoms with Gasteiger partial charge in [-0.3, -0.25) is 14.4 Å². The van der Waals surface area contributed by atoms with E-state index in [1.165, 1.54) is 20.8 Å². The van der Waals surface area contributed by atoms with Crippen LogP contribution in [-0.4, -0.2) is 41.0 Å². The minimum atomic E-state index is -0.950. The number of ether oxygens (including phenoxy) is 3. The van der Waals surface area contributed by atoms with Crippen LogP contribution < -0.4 is 0 Å². The number of esters is 2. The number of halogens is 1. The van der Waals surface area contributed by atoms with Gasteiger partial charge < -0.3 is 14.2 Å². The topological polar surface area (TPSA) is 78.9 Å². The fourth-order valence-corrected chi connectivity index (χ4v) is 2.21. The van der Waals surface area contributed by atoms with Gasteiger partial charge in [-0.2, -0.15) is 0 Å². The van der Waals surface area contributed by atoms with Gasteiger partial charge in [0.15, 0.2) is 5.78 Å². The molecule has 0 saturated carbocycles. The van der Waals surface area contributed by atoms with Crippen LogP contribution in [0, 0.1) is 0 Å². The van der Waals surface area contributed by atoms with Crippen molar-refractivity contribution in [2.24, 2.45) is 0 Å². The van der Waals surface area contributed by atoms with Crippen LogP contribution in [0.2, 0.25) is 0 Å². The Balaban J connectivity index is 2.80. The molecule has 18 heavy (non-hydrogen) atoms. The predicted molar refractivity (Wildman–Crippen MR) is 64.0 cm³/mol. The second-order valence-electron chi connectivity index (χ2n) is 4.04. The first-order valence-electron chi connectivity index (χ1n) is 5.45. The van der Waals surface area contributed by atoms with Crippen LogP contribution in [0.4, 0.5) is 0 Å². The molecule has 0 aromatic heterocycles. The Kier molecular flexibility index (Phi) is 5.28. The van der Waals surface area contributed by atoms with Crippen molar-refractivity contribution in [3.8, 4) is 0 Å². The minimum absolute atomic E-state index is 0.205. The molecule has 4 atom stereocenters. The molecule has 0 amide bonds. The normalized spacial score (nSPS) is 31.6. The fraction of sp³-hybridized carbons (Fsp3) is 0.727. The standard InChI is InChI=1S/C11H15BrO6/c1-5(13)8-4-9(16-6(2)14)10(12)11(18-8)17-7(3)15/h8-11H,4H2,1-3H3/t8-,9-,10-,11-/m1/s1. The van der Waals surface area contributed by atoms with E-state index < -0.39 is 35.3 Å². The van der Waals surface area contributed by atoms with Crippen molar-refractivity contribution in [3.05, 3.63) is 0 Å². The number of alkyl halides is 1. The molecule has 1 fully saturated rings. The molecule has 1 saturated heterocycles. The first-order chi connectivity index (χ1) is 8.31. The summed E-state index contributed by atoms with van der Waals surface area (Å²) in [5, 5.41) is 0. The zero-order valence-corrected chi connectivity index (χ0v) is 11.9. The Bertz CT molecular complexity index is 329. The second-order valence-corrected chi connectivity index (χ2v) is 5.10. The second kappa shape index (κ2) is 6.29. The van der Waals surface area contributed by atoms with Crippen LogP contribution in [0.15, 0.2) is 0 Å². The van der Waals surface area contributed by atoms with Gasteiger partial charge in [-0.05, 0) is 6.92 Å². The molecule has 0 aliphatic carbocycles. The van der Waals surface area contributed by atoms with E-state index in [-0.39, 0.29) is 12.2 Å². The summed E-state index contributed by atoms with van der Waals surface area (Å²) in [5.74, 6) is -1.20. The molecule has 0 bridgehead atoms. The van der Waals surface area contributed by atoms with E-state index in [1.54, 1.807) is 0 Å². The molecule has 7 heteroatoms. The van der Waals surface area contributed by atoms with E-state index in [1.807, 2.05) is 0 Å². The third kappa shape index (κ3) is 4.06. The highest BCUT2D eigenvalue weighted by Gasteiger charge is 2.42. The zero-order valence-electron chi connectivity index (χ0n) is 10.3. The fourth-order valence-electron chi connectivity index (χ4n) is 1.65. The summed E-state index contributed by atoms with van der Waals surface area (Å²) in [5.41, 5.74) is 0. The zero-order chi connectivity index (χ0) is 13.9. The molecule has 0 unspecified atom stereocenters. The van der Waals surface area contributed by atoms with E-state index in [4.69, 9.17) is 14.2 Å². The van der Waals surface area contributed by atoms with Crippen molar-refractivity contribution in [3.63, 3.8) is 0 Å². The SMILES string of the molecule is CC(=O)O[C@@H]1O[C@@H](C(C)=O)C[C@@H](OC(C)=O)[C@H]1Br. The molecule has 102 valence electrons. The predicted octanol–water partition coefficient (Wildman–Crippen LogP) is 0.949. The molecule has 1 aliphatic rings. The number of rotatable bonds is 3. The molecule has 0 N–H and O–H groups in total. The third-order valence-corrected chi connectivity index (χ3v) is 3.43. The van der Waals surface area contributed by atoms with Crippen LogP contribution in [0.25, 0.3) is 0 Å². The molecule has 1 rings (SSSR count). The van der Waals surface area contributed by atoms with Gasteiger partial charge in [0.1, 0.15) is 17.0 Å². The first-order valence-corrected chi connectivity index (χ1v) is 6.37. The summed E-state index contributed by atoms with van der Waals surface area (Å²) >= 11 is 3.26. The first kappa shape index (κ1) is 15.1. The highest BCUT2D eigenvalue weighted by Crippen LogP contribution is 2.29. The lowest BCUT2D eigenvalue weighted by Gasteiger charge is -2.36. The van der Waals surface area contributed by atoms with Crippen LogP contribution in [0.1, 0.15) is 27.2 Å². The monoisotopic (exact) mass is 322 g/mol. The third-order valence-electron chi connectivity index (χ3n) is 2.41. The minimum Gasteiger partial charge on any atom is -0.461 e. The van der Waals surface area contributed by atoms with E-state index in [0.717, 1.165) is 0 Å². The van der Waals surface area contributed by atoms with Crippen molar-refractivity contribution in [2.75, 3.05) is 0 Å². The van der Waals surface area contributed by atoms with E-state index >= 15 is 0 Å². The Hall–Kier alpha value is -0.950. The molecule has 0 aromatic carbocycles. The van der Waals surface area contributed by atoms with Crippen LogP contribution in [-0.2, 0) is 28.6 Å². The summed E-state index contributed by atoms with van der Waals surface area (Å²) < 4.78 is 15.4. The highest BCUT2D eigenvalue weighted by molar-refractivity contribution is 9.09. The summed E-state index contributed by atoms with van der Waals surface area (Å²) in [7, 11) is 0. The van der Waals surface area contributed by atoms with Crippen LogP contribution in [0.3, 0.4) is 0 Å². The number of carbonyl (C=O) groups is 3. The summed E-state index contributed by atoms with van der Waals surface area (Å²) in [6.45, 7) is 3.88. The van der Waals surface area contributed by atoms with Gasteiger partial charge in [0.25, 0.3) is 0 Å².